The zero-order valence-electron chi connectivity index (χ0n) is 21.7. The SMILES string of the molecule is COc1cccc2cc(C(=O)C3=C(O)C(=O)N(c4cccc(C)c4)C3c3ccc(OCC(C)C)cc3)oc12. The lowest BCUT2D eigenvalue weighted by Gasteiger charge is -2.27. The molecular weight excluding hydrogens is 482 g/mol. The van der Waals surface area contributed by atoms with Crippen molar-refractivity contribution in [3.8, 4) is 11.5 Å². The van der Waals surface area contributed by atoms with Crippen molar-refractivity contribution in [3.05, 3.63) is 101 Å². The minimum absolute atomic E-state index is 0.00632. The van der Waals surface area contributed by atoms with Crippen LogP contribution < -0.4 is 14.4 Å². The number of para-hydroxylation sites is 1. The summed E-state index contributed by atoms with van der Waals surface area (Å²) in [4.78, 5) is 28.8. The number of rotatable bonds is 8. The summed E-state index contributed by atoms with van der Waals surface area (Å²) in [6.45, 7) is 6.62. The molecule has 0 saturated carbocycles. The number of fused-ring (bicyclic) bond motifs is 1. The molecule has 0 bridgehead atoms. The minimum Gasteiger partial charge on any atom is -0.503 e. The smallest absolute Gasteiger partial charge is 0.294 e. The number of hydrogen-bond acceptors (Lipinski definition) is 6. The average Bonchev–Trinajstić information content (AvgIpc) is 3.46. The van der Waals surface area contributed by atoms with E-state index in [1.165, 1.54) is 12.0 Å². The second-order valence-electron chi connectivity index (χ2n) is 9.77. The van der Waals surface area contributed by atoms with Gasteiger partial charge in [-0.25, -0.2) is 0 Å². The van der Waals surface area contributed by atoms with Crippen LogP contribution in [-0.2, 0) is 4.79 Å². The first-order chi connectivity index (χ1) is 18.3. The largest absolute Gasteiger partial charge is 0.503 e. The van der Waals surface area contributed by atoms with Gasteiger partial charge in [0.15, 0.2) is 22.9 Å². The van der Waals surface area contributed by atoms with Gasteiger partial charge in [-0.1, -0.05) is 50.2 Å². The van der Waals surface area contributed by atoms with E-state index < -0.39 is 23.5 Å². The molecule has 38 heavy (non-hydrogen) atoms. The normalized spacial score (nSPS) is 15.6. The van der Waals surface area contributed by atoms with Crippen molar-refractivity contribution in [3.63, 3.8) is 0 Å². The number of furan rings is 1. The standard InChI is InChI=1S/C31H29NO6/c1-18(2)17-37-23-13-11-20(12-14-23)27-26(29(34)31(35)32(27)22-9-5-7-19(3)15-22)28(33)25-16-21-8-6-10-24(36-4)30(21)38-25/h5-16,18,27,34H,17H2,1-4H3. The van der Waals surface area contributed by atoms with Crippen LogP contribution in [0.5, 0.6) is 11.5 Å². The lowest BCUT2D eigenvalue weighted by Crippen LogP contribution is -2.31. The summed E-state index contributed by atoms with van der Waals surface area (Å²) in [5.41, 5.74) is 2.53. The highest BCUT2D eigenvalue weighted by Crippen LogP contribution is 2.43. The number of aliphatic hydroxyl groups excluding tert-OH is 1. The molecule has 1 aliphatic rings. The highest BCUT2D eigenvalue weighted by molar-refractivity contribution is 6.20. The molecule has 2 heterocycles. The summed E-state index contributed by atoms with van der Waals surface area (Å²) in [5, 5.41) is 11.8. The molecule has 7 nitrogen and oxygen atoms in total. The van der Waals surface area contributed by atoms with Gasteiger partial charge >= 0.3 is 0 Å². The van der Waals surface area contributed by atoms with E-state index in [4.69, 9.17) is 13.9 Å². The highest BCUT2D eigenvalue weighted by Gasteiger charge is 2.45. The summed E-state index contributed by atoms with van der Waals surface area (Å²) >= 11 is 0. The Labute approximate surface area is 220 Å². The van der Waals surface area contributed by atoms with Gasteiger partial charge in [-0.2, -0.15) is 0 Å². The number of methoxy groups -OCH3 is 1. The number of benzene rings is 3. The molecule has 1 amide bonds. The van der Waals surface area contributed by atoms with E-state index in [9.17, 15) is 14.7 Å². The molecule has 0 radical (unpaired) electrons. The van der Waals surface area contributed by atoms with Crippen LogP contribution in [-0.4, -0.2) is 30.5 Å². The molecule has 1 aliphatic heterocycles. The Hall–Kier alpha value is -4.52. The first-order valence-corrected chi connectivity index (χ1v) is 12.5. The molecule has 7 heteroatoms. The maximum Gasteiger partial charge on any atom is 0.294 e. The summed E-state index contributed by atoms with van der Waals surface area (Å²) in [6.07, 6.45) is 0. The second-order valence-corrected chi connectivity index (χ2v) is 9.77. The maximum absolute atomic E-state index is 13.9. The van der Waals surface area contributed by atoms with E-state index in [1.54, 1.807) is 42.5 Å². The third kappa shape index (κ3) is 4.52. The molecule has 1 aromatic heterocycles. The topological polar surface area (TPSA) is 89.2 Å². The summed E-state index contributed by atoms with van der Waals surface area (Å²) < 4.78 is 17.1. The molecule has 0 spiro atoms. The quantitative estimate of drug-likeness (QED) is 0.269. The fourth-order valence-corrected chi connectivity index (χ4v) is 4.65. The number of nitrogens with zero attached hydrogens (tertiary/aromatic N) is 1. The van der Waals surface area contributed by atoms with Gasteiger partial charge in [0.25, 0.3) is 5.91 Å². The van der Waals surface area contributed by atoms with Gasteiger partial charge in [-0.3, -0.25) is 14.5 Å². The second kappa shape index (κ2) is 10.1. The van der Waals surface area contributed by atoms with E-state index in [1.807, 2.05) is 37.3 Å². The summed E-state index contributed by atoms with van der Waals surface area (Å²) in [5.74, 6) is -0.296. The maximum atomic E-state index is 13.9. The van der Waals surface area contributed by atoms with Crippen LogP contribution in [0.4, 0.5) is 5.69 Å². The Bertz CT molecular complexity index is 1550. The molecule has 0 fully saturated rings. The van der Waals surface area contributed by atoms with Gasteiger partial charge < -0.3 is 19.0 Å². The molecular formula is C31H29NO6. The third-order valence-corrected chi connectivity index (χ3v) is 6.46. The molecule has 1 N–H and O–H groups in total. The minimum atomic E-state index is -0.869. The lowest BCUT2D eigenvalue weighted by molar-refractivity contribution is -0.117. The fraction of sp³-hybridized carbons (Fsp3) is 0.226. The van der Waals surface area contributed by atoms with E-state index in [2.05, 4.69) is 13.8 Å². The predicted octanol–water partition coefficient (Wildman–Crippen LogP) is 6.57. The van der Waals surface area contributed by atoms with Crippen LogP contribution in [0, 0.1) is 12.8 Å². The summed E-state index contributed by atoms with van der Waals surface area (Å²) in [6, 6.07) is 20.7. The Morgan fingerprint density at radius 2 is 1.79 bits per heavy atom. The molecule has 194 valence electrons. The number of aryl methyl sites for hydroxylation is 1. The van der Waals surface area contributed by atoms with Crippen molar-refractivity contribution in [1.82, 2.24) is 0 Å². The van der Waals surface area contributed by atoms with E-state index >= 15 is 0 Å². The van der Waals surface area contributed by atoms with Gasteiger partial charge in [0.1, 0.15) is 5.75 Å². The number of Topliss-reactive ketones (excluding diaryl/α,β-unsaturated/α-hetero) is 1. The Balaban J connectivity index is 1.60. The number of ether oxygens (including phenoxy) is 2. The first-order valence-electron chi connectivity index (χ1n) is 12.5. The van der Waals surface area contributed by atoms with Crippen LogP contribution in [0.3, 0.4) is 0 Å². The molecule has 5 rings (SSSR count). The van der Waals surface area contributed by atoms with Crippen molar-refractivity contribution in [2.24, 2.45) is 5.92 Å². The zero-order chi connectivity index (χ0) is 27.0. The number of carbonyl (C=O) groups excluding carboxylic acids is 2. The zero-order valence-corrected chi connectivity index (χ0v) is 21.7. The molecule has 3 aromatic carbocycles. The number of aliphatic hydroxyl groups is 1. The Morgan fingerprint density at radius 3 is 2.47 bits per heavy atom. The highest BCUT2D eigenvalue weighted by atomic mass is 16.5. The van der Waals surface area contributed by atoms with Crippen LogP contribution in [0.15, 0.2) is 88.5 Å². The van der Waals surface area contributed by atoms with Crippen molar-refractivity contribution in [2.75, 3.05) is 18.6 Å². The van der Waals surface area contributed by atoms with Gasteiger partial charge in [0, 0.05) is 11.1 Å². The predicted molar refractivity (Wildman–Crippen MR) is 145 cm³/mol. The Morgan fingerprint density at radius 1 is 1.05 bits per heavy atom. The molecule has 1 atom stereocenters. The van der Waals surface area contributed by atoms with Crippen molar-refractivity contribution < 1.29 is 28.6 Å². The van der Waals surface area contributed by atoms with Crippen molar-refractivity contribution >= 4 is 28.3 Å². The monoisotopic (exact) mass is 511 g/mol. The molecule has 0 aliphatic carbocycles. The number of ketones is 1. The summed E-state index contributed by atoms with van der Waals surface area (Å²) in [7, 11) is 1.52. The van der Waals surface area contributed by atoms with Crippen LogP contribution in [0.2, 0.25) is 0 Å². The molecule has 0 saturated heterocycles. The fourth-order valence-electron chi connectivity index (χ4n) is 4.65. The van der Waals surface area contributed by atoms with E-state index in [0.717, 1.165) is 5.56 Å². The number of carbonyl (C=O) groups is 2. The van der Waals surface area contributed by atoms with Gasteiger partial charge in [0.05, 0.1) is 25.3 Å². The van der Waals surface area contributed by atoms with E-state index in [0.29, 0.717) is 46.2 Å². The lowest BCUT2D eigenvalue weighted by atomic mass is 9.94. The van der Waals surface area contributed by atoms with Crippen LogP contribution in [0.1, 0.15) is 41.6 Å². The van der Waals surface area contributed by atoms with Crippen LogP contribution in [0.25, 0.3) is 11.0 Å². The van der Waals surface area contributed by atoms with Crippen molar-refractivity contribution in [2.45, 2.75) is 26.8 Å². The van der Waals surface area contributed by atoms with Gasteiger partial charge in [0.2, 0.25) is 5.78 Å². The number of amides is 1. The number of hydrogen-bond donors (Lipinski definition) is 1. The number of anilines is 1. The third-order valence-electron chi connectivity index (χ3n) is 6.46. The van der Waals surface area contributed by atoms with E-state index in [-0.39, 0.29) is 11.3 Å². The van der Waals surface area contributed by atoms with Crippen LogP contribution >= 0.6 is 0 Å². The van der Waals surface area contributed by atoms with Crippen molar-refractivity contribution in [1.29, 1.82) is 0 Å². The molecule has 1 unspecified atom stereocenters. The average molecular weight is 512 g/mol. The molecule has 4 aromatic rings. The first kappa shape index (κ1) is 25.1. The Kier molecular flexibility index (Phi) is 6.68. The van der Waals surface area contributed by atoms with Gasteiger partial charge in [-0.05, 0) is 60.4 Å². The van der Waals surface area contributed by atoms with Gasteiger partial charge in [-0.15, -0.1) is 0 Å².